The van der Waals surface area contributed by atoms with Gasteiger partial charge in [-0.05, 0) is 18.6 Å². The van der Waals surface area contributed by atoms with Crippen LogP contribution in [0.4, 0.5) is 5.69 Å². The van der Waals surface area contributed by atoms with Gasteiger partial charge in [0.25, 0.3) is 0 Å². The second-order valence-electron chi connectivity index (χ2n) is 4.53. The molecule has 0 aromatic heterocycles. The molecule has 0 radical (unpaired) electrons. The third-order valence-corrected chi connectivity index (χ3v) is 3.06. The summed E-state index contributed by atoms with van der Waals surface area (Å²) in [7, 11) is 2.03. The summed E-state index contributed by atoms with van der Waals surface area (Å²) < 4.78 is 5.15. The van der Waals surface area contributed by atoms with Gasteiger partial charge in [-0.25, -0.2) is 0 Å². The van der Waals surface area contributed by atoms with E-state index in [1.54, 1.807) is 0 Å². The van der Waals surface area contributed by atoms with E-state index in [0.717, 1.165) is 6.54 Å². The molecule has 1 aromatic rings. The summed E-state index contributed by atoms with van der Waals surface area (Å²) in [6.07, 6.45) is 0. The number of rotatable bonds is 3. The van der Waals surface area contributed by atoms with Crippen LogP contribution in [-0.2, 0) is 4.74 Å². The number of hydrogen-bond acceptors (Lipinski definition) is 3. The minimum absolute atomic E-state index is 0.309. The van der Waals surface area contributed by atoms with Crippen LogP contribution in [0, 0.1) is 23.7 Å². The summed E-state index contributed by atoms with van der Waals surface area (Å²) in [6, 6.07) is 10.6. The standard InChI is InChI=1S/C13H16N2O/c1-11-5-3-4-6-12(11)15(2)8-13(7-14)9-16-10-13/h3-6H,8-10H2,1-2H3. The van der Waals surface area contributed by atoms with Crippen molar-refractivity contribution in [3.63, 3.8) is 0 Å². The molecule has 2 rings (SSSR count). The lowest BCUT2D eigenvalue weighted by Crippen LogP contribution is -2.49. The lowest BCUT2D eigenvalue weighted by Gasteiger charge is -2.38. The van der Waals surface area contributed by atoms with Gasteiger partial charge in [0.2, 0.25) is 0 Å². The van der Waals surface area contributed by atoms with Crippen LogP contribution in [0.3, 0.4) is 0 Å². The minimum atomic E-state index is -0.309. The number of ether oxygens (including phenoxy) is 1. The predicted octanol–water partition coefficient (Wildman–Crippen LogP) is 1.97. The first-order valence-electron chi connectivity index (χ1n) is 5.43. The zero-order valence-corrected chi connectivity index (χ0v) is 9.73. The number of benzene rings is 1. The molecule has 0 saturated carbocycles. The molecule has 0 atom stereocenters. The van der Waals surface area contributed by atoms with Crippen molar-refractivity contribution in [2.75, 3.05) is 31.7 Å². The van der Waals surface area contributed by atoms with E-state index in [9.17, 15) is 0 Å². The molecule has 0 aliphatic carbocycles. The Morgan fingerprint density at radius 2 is 2.12 bits per heavy atom. The Morgan fingerprint density at radius 1 is 1.44 bits per heavy atom. The van der Waals surface area contributed by atoms with Crippen molar-refractivity contribution in [2.24, 2.45) is 5.41 Å². The van der Waals surface area contributed by atoms with Crippen LogP contribution >= 0.6 is 0 Å². The highest BCUT2D eigenvalue weighted by molar-refractivity contribution is 5.52. The molecular weight excluding hydrogens is 200 g/mol. The van der Waals surface area contributed by atoms with Crippen molar-refractivity contribution in [3.05, 3.63) is 29.8 Å². The van der Waals surface area contributed by atoms with Crippen molar-refractivity contribution in [2.45, 2.75) is 6.92 Å². The van der Waals surface area contributed by atoms with E-state index in [-0.39, 0.29) is 5.41 Å². The quantitative estimate of drug-likeness (QED) is 0.775. The third-order valence-electron chi connectivity index (χ3n) is 3.06. The van der Waals surface area contributed by atoms with E-state index in [1.807, 2.05) is 19.2 Å². The van der Waals surface area contributed by atoms with Gasteiger partial charge in [0.15, 0.2) is 0 Å². The largest absolute Gasteiger partial charge is 0.378 e. The lowest BCUT2D eigenvalue weighted by atomic mass is 9.87. The molecule has 0 unspecified atom stereocenters. The Hall–Kier alpha value is -1.53. The highest BCUT2D eigenvalue weighted by Gasteiger charge is 2.40. The van der Waals surface area contributed by atoms with Gasteiger partial charge < -0.3 is 9.64 Å². The summed E-state index contributed by atoms with van der Waals surface area (Å²) in [5, 5.41) is 9.14. The van der Waals surface area contributed by atoms with Gasteiger partial charge in [-0.15, -0.1) is 0 Å². The fraction of sp³-hybridized carbons (Fsp3) is 0.462. The highest BCUT2D eigenvalue weighted by atomic mass is 16.5. The summed E-state index contributed by atoms with van der Waals surface area (Å²) in [5.41, 5.74) is 2.11. The van der Waals surface area contributed by atoms with Crippen LogP contribution in [0.25, 0.3) is 0 Å². The minimum Gasteiger partial charge on any atom is -0.378 e. The zero-order valence-electron chi connectivity index (χ0n) is 9.73. The molecule has 1 heterocycles. The van der Waals surface area contributed by atoms with Crippen LogP contribution in [0.2, 0.25) is 0 Å². The van der Waals surface area contributed by atoms with Crippen molar-refractivity contribution < 1.29 is 4.74 Å². The second kappa shape index (κ2) is 4.15. The van der Waals surface area contributed by atoms with Crippen LogP contribution in [-0.4, -0.2) is 26.8 Å². The first-order valence-corrected chi connectivity index (χ1v) is 5.43. The van der Waals surface area contributed by atoms with Gasteiger partial charge in [-0.3, -0.25) is 0 Å². The zero-order chi connectivity index (χ0) is 11.6. The van der Waals surface area contributed by atoms with Crippen LogP contribution in [0.5, 0.6) is 0 Å². The molecule has 0 bridgehead atoms. The summed E-state index contributed by atoms with van der Waals surface area (Å²) in [4.78, 5) is 2.14. The molecule has 1 aromatic carbocycles. The number of para-hydroxylation sites is 1. The van der Waals surface area contributed by atoms with Crippen LogP contribution < -0.4 is 4.90 Å². The first-order chi connectivity index (χ1) is 7.67. The van der Waals surface area contributed by atoms with E-state index >= 15 is 0 Å². The summed E-state index contributed by atoms with van der Waals surface area (Å²) >= 11 is 0. The summed E-state index contributed by atoms with van der Waals surface area (Å²) in [5.74, 6) is 0. The number of aryl methyl sites for hydroxylation is 1. The van der Waals surface area contributed by atoms with Gasteiger partial charge in [-0.2, -0.15) is 5.26 Å². The van der Waals surface area contributed by atoms with Crippen molar-refractivity contribution in [3.8, 4) is 6.07 Å². The maximum atomic E-state index is 9.14. The number of anilines is 1. The highest BCUT2D eigenvalue weighted by Crippen LogP contribution is 2.29. The van der Waals surface area contributed by atoms with E-state index in [0.29, 0.717) is 13.2 Å². The van der Waals surface area contributed by atoms with Gasteiger partial charge in [-0.1, -0.05) is 18.2 Å². The molecule has 1 saturated heterocycles. The van der Waals surface area contributed by atoms with Gasteiger partial charge in [0.1, 0.15) is 5.41 Å². The molecule has 3 nitrogen and oxygen atoms in total. The summed E-state index contributed by atoms with van der Waals surface area (Å²) in [6.45, 7) is 3.93. The Bertz CT molecular complexity index is 418. The Morgan fingerprint density at radius 3 is 2.62 bits per heavy atom. The monoisotopic (exact) mass is 216 g/mol. The topological polar surface area (TPSA) is 36.3 Å². The lowest BCUT2D eigenvalue weighted by molar-refractivity contribution is -0.0716. The van der Waals surface area contributed by atoms with Crippen molar-refractivity contribution in [1.82, 2.24) is 0 Å². The Balaban J connectivity index is 2.12. The van der Waals surface area contributed by atoms with Crippen LogP contribution in [0.15, 0.2) is 24.3 Å². The average molecular weight is 216 g/mol. The number of hydrogen-bond donors (Lipinski definition) is 0. The molecule has 3 heteroatoms. The Labute approximate surface area is 96.2 Å². The smallest absolute Gasteiger partial charge is 0.121 e. The molecule has 1 aliphatic rings. The average Bonchev–Trinajstić information content (AvgIpc) is 2.24. The van der Waals surface area contributed by atoms with Gasteiger partial charge >= 0.3 is 0 Å². The number of nitriles is 1. The second-order valence-corrected chi connectivity index (χ2v) is 4.53. The normalized spacial score (nSPS) is 17.3. The fourth-order valence-corrected chi connectivity index (χ4v) is 2.07. The van der Waals surface area contributed by atoms with Crippen LogP contribution in [0.1, 0.15) is 5.56 Å². The SMILES string of the molecule is Cc1ccccc1N(C)CC1(C#N)COC1. The maximum Gasteiger partial charge on any atom is 0.121 e. The van der Waals surface area contributed by atoms with E-state index in [4.69, 9.17) is 10.00 Å². The fourth-order valence-electron chi connectivity index (χ4n) is 2.07. The van der Waals surface area contributed by atoms with Crippen molar-refractivity contribution >= 4 is 5.69 Å². The van der Waals surface area contributed by atoms with Crippen molar-refractivity contribution in [1.29, 1.82) is 5.26 Å². The molecular formula is C13H16N2O. The molecule has 16 heavy (non-hydrogen) atoms. The van der Waals surface area contributed by atoms with E-state index in [1.165, 1.54) is 11.3 Å². The van der Waals surface area contributed by atoms with E-state index < -0.39 is 0 Å². The first kappa shape index (κ1) is 11.0. The maximum absolute atomic E-state index is 9.14. The molecule has 0 N–H and O–H groups in total. The Kier molecular flexibility index (Phi) is 2.84. The number of nitrogens with zero attached hydrogens (tertiary/aromatic N) is 2. The van der Waals surface area contributed by atoms with Gasteiger partial charge in [0.05, 0.1) is 19.3 Å². The third kappa shape index (κ3) is 1.89. The molecule has 1 aliphatic heterocycles. The predicted molar refractivity (Wildman–Crippen MR) is 63.3 cm³/mol. The van der Waals surface area contributed by atoms with E-state index in [2.05, 4.69) is 30.0 Å². The molecule has 84 valence electrons. The molecule has 1 fully saturated rings. The van der Waals surface area contributed by atoms with Gasteiger partial charge in [0, 0.05) is 19.3 Å². The molecule has 0 spiro atoms. The molecule has 0 amide bonds.